The van der Waals surface area contributed by atoms with Gasteiger partial charge in [-0.25, -0.2) is 9.97 Å². The Hall–Kier alpha value is -1.14. The van der Waals surface area contributed by atoms with E-state index in [1.54, 1.807) is 22.7 Å². The van der Waals surface area contributed by atoms with E-state index >= 15 is 0 Å². The maximum atomic E-state index is 4.66. The Balaban J connectivity index is 2.22. The Morgan fingerprint density at radius 3 is 2.68 bits per heavy atom. The van der Waals surface area contributed by atoms with Crippen LogP contribution in [0.3, 0.4) is 0 Å². The average molecular weight is 296 g/mol. The summed E-state index contributed by atoms with van der Waals surface area (Å²) in [5.74, 6) is 0. The van der Waals surface area contributed by atoms with Crippen molar-refractivity contribution in [1.29, 1.82) is 0 Å². The Morgan fingerprint density at radius 1 is 1.37 bits per heavy atom. The number of nitrogens with zero attached hydrogens (tertiary/aromatic N) is 3. The molecule has 0 aliphatic carbocycles. The molecule has 0 saturated carbocycles. The van der Waals surface area contributed by atoms with Crippen molar-refractivity contribution in [2.45, 2.75) is 33.2 Å². The normalized spacial score (nSPS) is 12.5. The van der Waals surface area contributed by atoms with Crippen molar-refractivity contribution in [3.8, 4) is 10.6 Å². The lowest BCUT2D eigenvalue weighted by Crippen LogP contribution is -2.12. The van der Waals surface area contributed by atoms with Gasteiger partial charge in [0, 0.05) is 25.5 Å². The van der Waals surface area contributed by atoms with E-state index in [1.807, 2.05) is 25.9 Å². The summed E-state index contributed by atoms with van der Waals surface area (Å²) in [5, 5.41) is 7.53. The van der Waals surface area contributed by atoms with Gasteiger partial charge in [0.25, 0.3) is 0 Å². The first-order valence-corrected chi connectivity index (χ1v) is 8.08. The van der Waals surface area contributed by atoms with Crippen molar-refractivity contribution >= 4 is 32.9 Å². The van der Waals surface area contributed by atoms with Crippen molar-refractivity contribution in [1.82, 2.24) is 9.97 Å². The Labute approximate surface area is 122 Å². The van der Waals surface area contributed by atoms with Crippen LogP contribution in [0.15, 0.2) is 5.38 Å². The van der Waals surface area contributed by atoms with Crippen molar-refractivity contribution in [2.24, 2.45) is 0 Å². The standard InChI is InChI=1S/C13H20N4S2/c1-6-8(2)14-12-16-10(7-18-12)11-9(3)15-13(19-11)17(4)5/h7-8H,6H2,1-5H3,(H,14,16). The van der Waals surface area contributed by atoms with E-state index in [0.717, 1.165) is 32.9 Å². The molecule has 19 heavy (non-hydrogen) atoms. The van der Waals surface area contributed by atoms with Crippen molar-refractivity contribution < 1.29 is 0 Å². The molecule has 4 nitrogen and oxygen atoms in total. The van der Waals surface area contributed by atoms with Crippen LogP contribution in [0.5, 0.6) is 0 Å². The van der Waals surface area contributed by atoms with Crippen molar-refractivity contribution in [2.75, 3.05) is 24.3 Å². The van der Waals surface area contributed by atoms with Crippen molar-refractivity contribution in [3.05, 3.63) is 11.1 Å². The molecule has 0 radical (unpaired) electrons. The van der Waals surface area contributed by atoms with Crippen LogP contribution in [0.1, 0.15) is 26.0 Å². The summed E-state index contributed by atoms with van der Waals surface area (Å²) in [6, 6.07) is 0.457. The molecule has 1 unspecified atom stereocenters. The van der Waals surface area contributed by atoms with Gasteiger partial charge in [-0.05, 0) is 20.3 Å². The Kier molecular flexibility index (Phi) is 4.42. The van der Waals surface area contributed by atoms with Crippen LogP contribution >= 0.6 is 22.7 Å². The first-order chi connectivity index (χ1) is 9.01. The SMILES string of the molecule is CCC(C)Nc1nc(-c2sc(N(C)C)nc2C)cs1. The fourth-order valence-corrected chi connectivity index (χ4v) is 3.41. The molecule has 0 fully saturated rings. The van der Waals surface area contributed by atoms with E-state index < -0.39 is 0 Å². The lowest BCUT2D eigenvalue weighted by Gasteiger charge is -2.08. The van der Waals surface area contributed by atoms with Gasteiger partial charge in [0.05, 0.1) is 16.3 Å². The largest absolute Gasteiger partial charge is 0.359 e. The minimum absolute atomic E-state index is 0.457. The lowest BCUT2D eigenvalue weighted by molar-refractivity contribution is 0.763. The van der Waals surface area contributed by atoms with Crippen LogP contribution in [-0.4, -0.2) is 30.1 Å². The molecule has 6 heteroatoms. The number of thiazole rings is 2. The summed E-state index contributed by atoms with van der Waals surface area (Å²) in [6.45, 7) is 6.38. The van der Waals surface area contributed by atoms with Gasteiger partial charge in [-0.3, -0.25) is 0 Å². The molecule has 2 aromatic rings. The molecule has 0 spiro atoms. The maximum absolute atomic E-state index is 4.66. The highest BCUT2D eigenvalue weighted by atomic mass is 32.1. The van der Waals surface area contributed by atoms with Gasteiger partial charge in [0.1, 0.15) is 0 Å². The average Bonchev–Trinajstić information content (AvgIpc) is 2.95. The first-order valence-electron chi connectivity index (χ1n) is 6.38. The molecule has 104 valence electrons. The molecule has 0 aliphatic heterocycles. The molecule has 0 aliphatic rings. The van der Waals surface area contributed by atoms with E-state index in [4.69, 9.17) is 0 Å². The van der Waals surface area contributed by atoms with Gasteiger partial charge in [-0.2, -0.15) is 0 Å². The molecule has 2 aromatic heterocycles. The van der Waals surface area contributed by atoms with Gasteiger partial charge in [-0.15, -0.1) is 11.3 Å². The van der Waals surface area contributed by atoms with Crippen LogP contribution in [0, 0.1) is 6.92 Å². The minimum atomic E-state index is 0.457. The predicted octanol–water partition coefficient (Wildman–Crippen LogP) is 3.85. The van der Waals surface area contributed by atoms with Crippen LogP contribution in [-0.2, 0) is 0 Å². The van der Waals surface area contributed by atoms with E-state index in [9.17, 15) is 0 Å². The van der Waals surface area contributed by atoms with Gasteiger partial charge in [-0.1, -0.05) is 18.3 Å². The summed E-state index contributed by atoms with van der Waals surface area (Å²) in [5.41, 5.74) is 2.08. The van der Waals surface area contributed by atoms with Crippen LogP contribution < -0.4 is 10.2 Å². The molecule has 1 atom stereocenters. The predicted molar refractivity (Wildman–Crippen MR) is 85.7 cm³/mol. The number of hydrogen-bond acceptors (Lipinski definition) is 6. The molecule has 0 amide bonds. The first kappa shape index (κ1) is 14.3. The topological polar surface area (TPSA) is 41.1 Å². The quantitative estimate of drug-likeness (QED) is 0.910. The van der Waals surface area contributed by atoms with Crippen LogP contribution in [0.25, 0.3) is 10.6 Å². The fraction of sp³-hybridized carbons (Fsp3) is 0.538. The molecule has 1 N–H and O–H groups in total. The zero-order chi connectivity index (χ0) is 14.0. The third kappa shape index (κ3) is 3.25. The second-order valence-corrected chi connectivity index (χ2v) is 6.63. The molecule has 0 saturated heterocycles. The zero-order valence-electron chi connectivity index (χ0n) is 12.0. The van der Waals surface area contributed by atoms with E-state index in [0.29, 0.717) is 6.04 Å². The van der Waals surface area contributed by atoms with Crippen LogP contribution in [0.2, 0.25) is 0 Å². The van der Waals surface area contributed by atoms with E-state index in [1.165, 1.54) is 0 Å². The molecular formula is C13H20N4S2. The summed E-state index contributed by atoms with van der Waals surface area (Å²) in [4.78, 5) is 12.4. The summed E-state index contributed by atoms with van der Waals surface area (Å²) >= 11 is 3.35. The summed E-state index contributed by atoms with van der Waals surface area (Å²) in [6.07, 6.45) is 1.10. The Bertz CT molecular complexity index is 545. The molecule has 0 bridgehead atoms. The smallest absolute Gasteiger partial charge is 0.185 e. The Morgan fingerprint density at radius 2 is 2.11 bits per heavy atom. The third-order valence-corrected chi connectivity index (χ3v) is 5.01. The van der Waals surface area contributed by atoms with E-state index in [2.05, 4.69) is 34.5 Å². The zero-order valence-corrected chi connectivity index (χ0v) is 13.7. The van der Waals surface area contributed by atoms with Gasteiger partial charge in [0.15, 0.2) is 10.3 Å². The second kappa shape index (κ2) is 5.88. The second-order valence-electron chi connectivity index (χ2n) is 4.80. The molecular weight excluding hydrogens is 276 g/mol. The highest BCUT2D eigenvalue weighted by Crippen LogP contribution is 2.35. The fourth-order valence-electron chi connectivity index (χ4n) is 1.57. The highest BCUT2D eigenvalue weighted by molar-refractivity contribution is 7.19. The van der Waals surface area contributed by atoms with Crippen molar-refractivity contribution in [3.63, 3.8) is 0 Å². The number of aromatic nitrogens is 2. The number of rotatable bonds is 5. The van der Waals surface area contributed by atoms with Crippen LogP contribution in [0.4, 0.5) is 10.3 Å². The van der Waals surface area contributed by atoms with Gasteiger partial charge in [0.2, 0.25) is 0 Å². The number of anilines is 2. The molecule has 2 rings (SSSR count). The third-order valence-electron chi connectivity index (χ3n) is 2.89. The molecule has 0 aromatic carbocycles. The van der Waals surface area contributed by atoms with Gasteiger partial charge >= 0.3 is 0 Å². The number of aryl methyl sites for hydroxylation is 1. The lowest BCUT2D eigenvalue weighted by atomic mass is 10.3. The number of hydrogen-bond donors (Lipinski definition) is 1. The summed E-state index contributed by atoms with van der Waals surface area (Å²) < 4.78 is 0. The minimum Gasteiger partial charge on any atom is -0.359 e. The maximum Gasteiger partial charge on any atom is 0.185 e. The summed E-state index contributed by atoms with van der Waals surface area (Å²) in [7, 11) is 4.03. The monoisotopic (exact) mass is 296 g/mol. The van der Waals surface area contributed by atoms with Gasteiger partial charge < -0.3 is 10.2 Å². The number of nitrogens with one attached hydrogen (secondary N) is 1. The van der Waals surface area contributed by atoms with E-state index in [-0.39, 0.29) is 0 Å². The highest BCUT2D eigenvalue weighted by Gasteiger charge is 2.14. The molecule has 2 heterocycles.